The van der Waals surface area contributed by atoms with Crippen LogP contribution in [0.4, 0.5) is 0 Å². The first-order chi connectivity index (χ1) is 37.8. The second-order valence-electron chi connectivity index (χ2n) is 25.0. The Kier molecular flexibility index (Phi) is 62.3. The van der Waals surface area contributed by atoms with Gasteiger partial charge in [0.2, 0.25) is 0 Å². The molecule has 0 aromatic carbocycles. The zero-order valence-corrected chi connectivity index (χ0v) is 53.1. The standard InChI is InChI=1S/C71H138O6/c1-6-9-10-11-12-13-14-15-16-17-18-23-26-33-38-43-48-53-58-63-71(74)77-68(65-76-70(73)62-57-52-47-42-37-32-28-27-30-35-40-45-50-55-60-67(5)8-3)64-75-69(72)61-56-51-46-41-36-31-25-22-20-19-21-24-29-34-39-44-49-54-59-66(4)7-2/h66-68H,6-65H2,1-5H3/t66?,67?,68-/m0/s1. The van der Waals surface area contributed by atoms with E-state index >= 15 is 0 Å². The molecule has 2 unspecified atom stereocenters. The van der Waals surface area contributed by atoms with Crippen molar-refractivity contribution in [1.29, 1.82) is 0 Å². The van der Waals surface area contributed by atoms with Crippen LogP contribution in [0.3, 0.4) is 0 Å². The highest BCUT2D eigenvalue weighted by Gasteiger charge is 2.20. The third-order valence-electron chi connectivity index (χ3n) is 17.2. The summed E-state index contributed by atoms with van der Waals surface area (Å²) in [5.41, 5.74) is 0. The molecule has 0 saturated carbocycles. The van der Waals surface area contributed by atoms with Crippen LogP contribution in [0.1, 0.15) is 407 Å². The second-order valence-corrected chi connectivity index (χ2v) is 25.0. The van der Waals surface area contributed by atoms with Gasteiger partial charge in [0, 0.05) is 19.3 Å². The van der Waals surface area contributed by atoms with E-state index in [-0.39, 0.29) is 31.1 Å². The number of hydrogen-bond donors (Lipinski definition) is 0. The first kappa shape index (κ1) is 75.4. The van der Waals surface area contributed by atoms with Crippen LogP contribution in [0, 0.1) is 11.8 Å². The highest BCUT2D eigenvalue weighted by molar-refractivity contribution is 5.71. The van der Waals surface area contributed by atoms with Crippen molar-refractivity contribution >= 4 is 17.9 Å². The smallest absolute Gasteiger partial charge is 0.306 e. The number of ether oxygens (including phenoxy) is 3. The van der Waals surface area contributed by atoms with Crippen molar-refractivity contribution in [2.24, 2.45) is 11.8 Å². The quantitative estimate of drug-likeness (QED) is 0.0343. The molecule has 0 rings (SSSR count). The number of hydrogen-bond acceptors (Lipinski definition) is 6. The minimum atomic E-state index is -0.765. The summed E-state index contributed by atoms with van der Waals surface area (Å²) in [4.78, 5) is 38.5. The maximum Gasteiger partial charge on any atom is 0.306 e. The summed E-state index contributed by atoms with van der Waals surface area (Å²) in [7, 11) is 0. The molecule has 0 saturated heterocycles. The van der Waals surface area contributed by atoms with Crippen LogP contribution in [0.5, 0.6) is 0 Å². The summed E-state index contributed by atoms with van der Waals surface area (Å²) < 4.78 is 17.0. The average molecular weight is 1090 g/mol. The van der Waals surface area contributed by atoms with E-state index in [1.165, 1.54) is 295 Å². The third-order valence-corrected chi connectivity index (χ3v) is 17.2. The normalized spacial score (nSPS) is 12.7. The van der Waals surface area contributed by atoms with Gasteiger partial charge in [-0.1, -0.05) is 369 Å². The van der Waals surface area contributed by atoms with E-state index in [1.54, 1.807) is 0 Å². The van der Waals surface area contributed by atoms with Gasteiger partial charge < -0.3 is 14.2 Å². The largest absolute Gasteiger partial charge is 0.462 e. The van der Waals surface area contributed by atoms with E-state index in [4.69, 9.17) is 14.2 Å². The van der Waals surface area contributed by atoms with Gasteiger partial charge in [-0.25, -0.2) is 0 Å². The van der Waals surface area contributed by atoms with Crippen molar-refractivity contribution in [3.8, 4) is 0 Å². The maximum atomic E-state index is 13.0. The molecule has 0 aliphatic rings. The van der Waals surface area contributed by atoms with Gasteiger partial charge in [-0.3, -0.25) is 14.4 Å². The van der Waals surface area contributed by atoms with E-state index in [2.05, 4.69) is 34.6 Å². The first-order valence-corrected chi connectivity index (χ1v) is 35.3. The zero-order valence-electron chi connectivity index (χ0n) is 53.1. The van der Waals surface area contributed by atoms with Crippen LogP contribution in [0.25, 0.3) is 0 Å². The van der Waals surface area contributed by atoms with Crippen LogP contribution >= 0.6 is 0 Å². The number of rotatable bonds is 65. The van der Waals surface area contributed by atoms with Gasteiger partial charge in [-0.2, -0.15) is 0 Å². The Morgan fingerprint density at radius 3 is 0.675 bits per heavy atom. The summed E-state index contributed by atoms with van der Waals surface area (Å²) in [6.07, 6.45) is 72.5. The SMILES string of the molecule is CCCCCCCCCCCCCCCCCCCCCC(=O)O[C@@H](COC(=O)CCCCCCCCCCCCCCCCCCCCC(C)CC)COC(=O)CCCCCCCCCCCCCCCCC(C)CC. The van der Waals surface area contributed by atoms with Gasteiger partial charge in [-0.15, -0.1) is 0 Å². The highest BCUT2D eigenvalue weighted by Crippen LogP contribution is 2.20. The fourth-order valence-corrected chi connectivity index (χ4v) is 11.1. The summed E-state index contributed by atoms with van der Waals surface area (Å²) in [6, 6.07) is 0. The molecule has 0 spiro atoms. The van der Waals surface area contributed by atoms with Gasteiger partial charge in [0.05, 0.1) is 0 Å². The molecule has 0 heterocycles. The molecule has 0 aromatic rings. The Morgan fingerprint density at radius 2 is 0.455 bits per heavy atom. The Bertz CT molecular complexity index is 1190. The van der Waals surface area contributed by atoms with Crippen LogP contribution in [0.15, 0.2) is 0 Å². The lowest BCUT2D eigenvalue weighted by Crippen LogP contribution is -2.30. The highest BCUT2D eigenvalue weighted by atomic mass is 16.6. The van der Waals surface area contributed by atoms with Gasteiger partial charge in [0.25, 0.3) is 0 Å². The topological polar surface area (TPSA) is 78.9 Å². The molecule has 0 radical (unpaired) electrons. The molecule has 6 nitrogen and oxygen atoms in total. The minimum absolute atomic E-state index is 0.0612. The molecule has 0 fully saturated rings. The fourth-order valence-electron chi connectivity index (χ4n) is 11.1. The van der Waals surface area contributed by atoms with Crippen LogP contribution < -0.4 is 0 Å². The van der Waals surface area contributed by atoms with Crippen molar-refractivity contribution in [2.75, 3.05) is 13.2 Å². The minimum Gasteiger partial charge on any atom is -0.462 e. The molecule has 77 heavy (non-hydrogen) atoms. The Labute approximate surface area is 482 Å². The zero-order chi connectivity index (χ0) is 56.0. The summed E-state index contributed by atoms with van der Waals surface area (Å²) in [5, 5.41) is 0. The monoisotopic (exact) mass is 1090 g/mol. The van der Waals surface area contributed by atoms with E-state index in [0.717, 1.165) is 69.6 Å². The lowest BCUT2D eigenvalue weighted by Gasteiger charge is -2.18. The molecule has 6 heteroatoms. The Hall–Kier alpha value is -1.59. The van der Waals surface area contributed by atoms with E-state index < -0.39 is 6.10 Å². The molecule has 0 N–H and O–H groups in total. The molecule has 0 bridgehead atoms. The van der Waals surface area contributed by atoms with Gasteiger partial charge in [-0.05, 0) is 31.1 Å². The van der Waals surface area contributed by atoms with E-state index in [9.17, 15) is 14.4 Å². The van der Waals surface area contributed by atoms with Crippen molar-refractivity contribution in [3.63, 3.8) is 0 Å². The van der Waals surface area contributed by atoms with E-state index in [0.29, 0.717) is 19.3 Å². The van der Waals surface area contributed by atoms with Crippen molar-refractivity contribution in [2.45, 2.75) is 413 Å². The first-order valence-electron chi connectivity index (χ1n) is 35.3. The average Bonchev–Trinajstić information content (AvgIpc) is 3.43. The van der Waals surface area contributed by atoms with Crippen LogP contribution in [-0.2, 0) is 28.6 Å². The van der Waals surface area contributed by atoms with Crippen molar-refractivity contribution in [3.05, 3.63) is 0 Å². The van der Waals surface area contributed by atoms with Gasteiger partial charge in [0.15, 0.2) is 6.10 Å². The predicted molar refractivity (Wildman–Crippen MR) is 335 cm³/mol. The second kappa shape index (κ2) is 63.6. The van der Waals surface area contributed by atoms with Crippen LogP contribution in [0.2, 0.25) is 0 Å². The number of unbranched alkanes of at least 4 members (excludes halogenated alkanes) is 48. The predicted octanol–water partition coefficient (Wildman–Crippen LogP) is 23.9. The summed E-state index contributed by atoms with van der Waals surface area (Å²) >= 11 is 0. The summed E-state index contributed by atoms with van der Waals surface area (Å²) in [5.74, 6) is 0.982. The molecule has 0 aromatic heterocycles. The van der Waals surface area contributed by atoms with Crippen molar-refractivity contribution < 1.29 is 28.6 Å². The number of esters is 3. The number of carbonyl (C=O) groups excluding carboxylic acids is 3. The lowest BCUT2D eigenvalue weighted by atomic mass is 9.99. The summed E-state index contributed by atoms with van der Waals surface area (Å²) in [6.45, 7) is 11.5. The molecule has 458 valence electrons. The maximum absolute atomic E-state index is 13.0. The number of carbonyl (C=O) groups is 3. The Balaban J connectivity index is 4.28. The lowest BCUT2D eigenvalue weighted by molar-refractivity contribution is -0.167. The molecule has 0 amide bonds. The molecule has 3 atom stereocenters. The third kappa shape index (κ3) is 61.9. The molecular formula is C71H138O6. The van der Waals surface area contributed by atoms with E-state index in [1.807, 2.05) is 0 Å². The fraction of sp³-hybridized carbons (Fsp3) is 0.958. The van der Waals surface area contributed by atoms with Gasteiger partial charge >= 0.3 is 17.9 Å². The molecule has 0 aliphatic heterocycles. The van der Waals surface area contributed by atoms with Crippen LogP contribution in [-0.4, -0.2) is 37.2 Å². The molecule has 0 aliphatic carbocycles. The van der Waals surface area contributed by atoms with Gasteiger partial charge in [0.1, 0.15) is 13.2 Å². The molecular weight excluding hydrogens is 949 g/mol. The van der Waals surface area contributed by atoms with Crippen molar-refractivity contribution in [1.82, 2.24) is 0 Å². The Morgan fingerprint density at radius 1 is 0.260 bits per heavy atom.